The summed E-state index contributed by atoms with van der Waals surface area (Å²) < 4.78 is 22.0. The minimum absolute atomic E-state index is 0.155. The van der Waals surface area contributed by atoms with E-state index in [0.29, 0.717) is 0 Å². The minimum atomic E-state index is -0.965. The van der Waals surface area contributed by atoms with Gasteiger partial charge in [0.15, 0.2) is 0 Å². The van der Waals surface area contributed by atoms with Crippen LogP contribution in [0.25, 0.3) is 10.4 Å². The number of ether oxygens (including phenoxy) is 4. The second-order valence-electron chi connectivity index (χ2n) is 5.86. The topological polar surface area (TPSA) is 120 Å². The Balaban J connectivity index is 2.21. The third-order valence-electron chi connectivity index (χ3n) is 3.83. The molecule has 0 aromatic heterocycles. The average Bonchev–Trinajstić information content (AvgIpc) is 2.62. The van der Waals surface area contributed by atoms with E-state index in [1.54, 1.807) is 0 Å². The van der Waals surface area contributed by atoms with E-state index in [0.717, 1.165) is 5.56 Å². The molecular formula is C17H20BrN3O6. The molecule has 1 aromatic carbocycles. The van der Waals surface area contributed by atoms with Gasteiger partial charge in [-0.1, -0.05) is 51.4 Å². The molecule has 146 valence electrons. The van der Waals surface area contributed by atoms with Crippen molar-refractivity contribution in [1.82, 2.24) is 0 Å². The van der Waals surface area contributed by atoms with Gasteiger partial charge < -0.3 is 18.9 Å². The van der Waals surface area contributed by atoms with Crippen LogP contribution in [0.3, 0.4) is 0 Å². The molecule has 1 heterocycles. The number of halogens is 1. The number of carbonyl (C=O) groups excluding carboxylic acids is 2. The quantitative estimate of drug-likeness (QED) is 0.211. The van der Waals surface area contributed by atoms with E-state index in [1.165, 1.54) is 13.8 Å². The molecule has 10 heteroatoms. The zero-order valence-corrected chi connectivity index (χ0v) is 16.4. The van der Waals surface area contributed by atoms with Gasteiger partial charge in [-0.25, -0.2) is 0 Å². The minimum Gasteiger partial charge on any atom is -0.463 e. The Morgan fingerprint density at radius 1 is 1.22 bits per heavy atom. The molecule has 1 aliphatic rings. The summed E-state index contributed by atoms with van der Waals surface area (Å²) >= 11 is 3.37. The second-order valence-corrected chi connectivity index (χ2v) is 6.76. The molecule has 0 bridgehead atoms. The third kappa shape index (κ3) is 6.21. The summed E-state index contributed by atoms with van der Waals surface area (Å²) in [5.41, 5.74) is 9.90. The van der Waals surface area contributed by atoms with Crippen LogP contribution in [0.5, 0.6) is 0 Å². The van der Waals surface area contributed by atoms with E-state index in [2.05, 4.69) is 26.0 Å². The van der Waals surface area contributed by atoms with Crippen molar-refractivity contribution in [2.75, 3.05) is 6.61 Å². The molecule has 27 heavy (non-hydrogen) atoms. The smallest absolute Gasteiger partial charge is 0.303 e. The third-order valence-corrected chi connectivity index (χ3v) is 4.56. The maximum atomic E-state index is 11.5. The van der Waals surface area contributed by atoms with Crippen LogP contribution in [0.15, 0.2) is 35.4 Å². The molecule has 0 saturated carbocycles. The number of rotatable bonds is 7. The fraction of sp³-hybridized carbons (Fsp3) is 0.529. The van der Waals surface area contributed by atoms with Crippen molar-refractivity contribution in [1.29, 1.82) is 0 Å². The molecule has 1 saturated heterocycles. The monoisotopic (exact) mass is 441 g/mol. The van der Waals surface area contributed by atoms with Gasteiger partial charge >= 0.3 is 11.9 Å². The predicted molar refractivity (Wildman–Crippen MR) is 97.7 cm³/mol. The zero-order chi connectivity index (χ0) is 19.8. The Bertz CT molecular complexity index is 697. The summed E-state index contributed by atoms with van der Waals surface area (Å²) in [4.78, 5) is 25.5. The summed E-state index contributed by atoms with van der Waals surface area (Å²) in [5, 5.41) is 3.10. The Hall–Kier alpha value is -2.13. The number of benzene rings is 1. The van der Waals surface area contributed by atoms with Gasteiger partial charge in [-0.2, -0.15) is 0 Å². The highest BCUT2D eigenvalue weighted by Crippen LogP contribution is 2.32. The van der Waals surface area contributed by atoms with Gasteiger partial charge in [-0.15, -0.1) is 0 Å². The van der Waals surface area contributed by atoms with Crippen LogP contribution < -0.4 is 0 Å². The lowest BCUT2D eigenvalue weighted by Crippen LogP contribution is -2.58. The number of esters is 2. The van der Waals surface area contributed by atoms with E-state index < -0.39 is 41.3 Å². The predicted octanol–water partition coefficient (Wildman–Crippen LogP) is 2.87. The van der Waals surface area contributed by atoms with Crippen LogP contribution in [0.1, 0.15) is 19.4 Å². The molecule has 1 aliphatic heterocycles. The lowest BCUT2D eigenvalue weighted by atomic mass is 9.97. The number of azide groups is 1. The first-order chi connectivity index (χ1) is 12.9. The zero-order valence-electron chi connectivity index (χ0n) is 14.9. The van der Waals surface area contributed by atoms with Crippen molar-refractivity contribution >= 4 is 27.9 Å². The van der Waals surface area contributed by atoms with E-state index in [1.807, 2.05) is 30.3 Å². The van der Waals surface area contributed by atoms with Crippen molar-refractivity contribution < 1.29 is 28.5 Å². The van der Waals surface area contributed by atoms with Crippen LogP contribution in [0.4, 0.5) is 0 Å². The van der Waals surface area contributed by atoms with Crippen molar-refractivity contribution in [3.8, 4) is 0 Å². The number of hydrogen-bond acceptors (Lipinski definition) is 7. The highest BCUT2D eigenvalue weighted by atomic mass is 79.9. The maximum Gasteiger partial charge on any atom is 0.303 e. The number of hydrogen-bond donors (Lipinski definition) is 0. The van der Waals surface area contributed by atoms with Crippen LogP contribution in [0.2, 0.25) is 0 Å². The molecule has 2 unspecified atom stereocenters. The summed E-state index contributed by atoms with van der Waals surface area (Å²) in [5.74, 6) is -1.08. The summed E-state index contributed by atoms with van der Waals surface area (Å²) in [6.45, 7) is 2.58. The molecule has 0 aliphatic carbocycles. The summed E-state index contributed by atoms with van der Waals surface area (Å²) in [6.07, 6.45) is -2.50. The van der Waals surface area contributed by atoms with Gasteiger partial charge in [0.2, 0.25) is 0 Å². The highest BCUT2D eigenvalue weighted by molar-refractivity contribution is 9.09. The SMILES string of the molecule is CC(=O)OCC1O[C@H](Br)C(OCc2ccccc2)[C@@H](N=[N+]=[N-])[C@@H]1OC(C)=O. The summed E-state index contributed by atoms with van der Waals surface area (Å²) in [7, 11) is 0. The first kappa shape index (κ1) is 21.2. The van der Waals surface area contributed by atoms with Crippen LogP contribution in [-0.4, -0.2) is 47.9 Å². The fourth-order valence-electron chi connectivity index (χ4n) is 2.69. The van der Waals surface area contributed by atoms with Gasteiger partial charge in [-0.3, -0.25) is 9.59 Å². The first-order valence-corrected chi connectivity index (χ1v) is 9.13. The molecule has 0 amide bonds. The lowest BCUT2D eigenvalue weighted by molar-refractivity contribution is -0.200. The lowest BCUT2D eigenvalue weighted by Gasteiger charge is -2.42. The van der Waals surface area contributed by atoms with E-state index >= 15 is 0 Å². The molecule has 0 spiro atoms. The summed E-state index contributed by atoms with van der Waals surface area (Å²) in [6, 6.07) is 8.55. The van der Waals surface area contributed by atoms with Gasteiger partial charge in [-0.05, 0) is 11.1 Å². The van der Waals surface area contributed by atoms with Gasteiger partial charge in [0, 0.05) is 18.8 Å². The molecule has 0 radical (unpaired) electrons. The largest absolute Gasteiger partial charge is 0.463 e. The second kappa shape index (κ2) is 10.3. The van der Waals surface area contributed by atoms with E-state index in [-0.39, 0.29) is 13.2 Å². The van der Waals surface area contributed by atoms with Gasteiger partial charge in [0.05, 0.1) is 6.61 Å². The van der Waals surface area contributed by atoms with E-state index in [4.69, 9.17) is 24.5 Å². The fourth-order valence-corrected chi connectivity index (χ4v) is 3.43. The molecule has 2 rings (SSSR count). The van der Waals surface area contributed by atoms with Crippen molar-refractivity contribution in [2.45, 2.75) is 49.8 Å². The Morgan fingerprint density at radius 3 is 2.52 bits per heavy atom. The first-order valence-electron chi connectivity index (χ1n) is 8.22. The number of alkyl halides is 1. The molecule has 5 atom stereocenters. The van der Waals surface area contributed by atoms with Crippen molar-refractivity contribution in [3.63, 3.8) is 0 Å². The van der Waals surface area contributed by atoms with Gasteiger partial charge in [0.1, 0.15) is 36.0 Å². The normalized spacial score (nSPS) is 27.3. The molecule has 0 N–H and O–H groups in total. The average molecular weight is 442 g/mol. The highest BCUT2D eigenvalue weighted by Gasteiger charge is 2.47. The standard InChI is InChI=1S/C17H20BrN3O6/c1-10(22)24-9-13-15(26-11(2)23)14(20-21-19)16(17(18)27-13)25-8-12-6-4-3-5-7-12/h3-7,13-17H,8-9H2,1-2H3/t13?,14-,15+,16?,17-/m0/s1. The van der Waals surface area contributed by atoms with Crippen LogP contribution >= 0.6 is 15.9 Å². The molecule has 9 nitrogen and oxygen atoms in total. The Labute approximate surface area is 164 Å². The van der Waals surface area contributed by atoms with Crippen LogP contribution in [0, 0.1) is 0 Å². The molecule has 1 fully saturated rings. The molecule has 1 aromatic rings. The Morgan fingerprint density at radius 2 is 1.93 bits per heavy atom. The number of carbonyl (C=O) groups is 2. The van der Waals surface area contributed by atoms with E-state index in [9.17, 15) is 9.59 Å². The Kier molecular flexibility index (Phi) is 8.05. The molecular weight excluding hydrogens is 422 g/mol. The maximum absolute atomic E-state index is 11.5. The van der Waals surface area contributed by atoms with Gasteiger partial charge in [0.25, 0.3) is 0 Å². The van der Waals surface area contributed by atoms with Crippen molar-refractivity contribution in [3.05, 3.63) is 46.3 Å². The van der Waals surface area contributed by atoms with Crippen LogP contribution in [-0.2, 0) is 35.1 Å². The van der Waals surface area contributed by atoms with Crippen molar-refractivity contribution in [2.24, 2.45) is 5.11 Å². The number of nitrogens with zero attached hydrogens (tertiary/aromatic N) is 3.